The maximum Gasteiger partial charge on any atom is 0.227 e. The molecule has 2 rings (SSSR count). The summed E-state index contributed by atoms with van der Waals surface area (Å²) in [4.78, 5) is 13.1. The van der Waals surface area contributed by atoms with Crippen molar-refractivity contribution in [2.75, 3.05) is 11.9 Å². The number of benzene rings is 1. The van der Waals surface area contributed by atoms with Crippen LogP contribution in [0.4, 0.5) is 5.69 Å². The predicted molar refractivity (Wildman–Crippen MR) is 79.7 cm³/mol. The first-order chi connectivity index (χ1) is 9.15. The topological polar surface area (TPSA) is 38.3 Å². The first kappa shape index (κ1) is 14.4. The largest absolute Gasteiger partial charge is 0.378 e. The molecule has 0 saturated carbocycles. The lowest BCUT2D eigenvalue weighted by molar-refractivity contribution is -0.118. The van der Waals surface area contributed by atoms with Gasteiger partial charge >= 0.3 is 0 Å². The second-order valence-electron chi connectivity index (χ2n) is 5.05. The number of amides is 1. The predicted octanol–water partition coefficient (Wildman–Crippen LogP) is 3.69. The summed E-state index contributed by atoms with van der Waals surface area (Å²) in [5.74, 6) is 0.0451. The first-order valence-corrected chi connectivity index (χ1v) is 7.70. The van der Waals surface area contributed by atoms with Crippen LogP contribution in [-0.2, 0) is 9.53 Å². The van der Waals surface area contributed by atoms with E-state index >= 15 is 0 Å². The van der Waals surface area contributed by atoms with Crippen molar-refractivity contribution in [2.24, 2.45) is 0 Å². The van der Waals surface area contributed by atoms with Gasteiger partial charge in [-0.1, -0.05) is 26.0 Å². The smallest absolute Gasteiger partial charge is 0.227 e. The van der Waals surface area contributed by atoms with Crippen LogP contribution in [0.25, 0.3) is 0 Å². The molecule has 3 nitrogen and oxygen atoms in total. The number of hydrogen-bond donors (Lipinski definition) is 1. The van der Waals surface area contributed by atoms with Gasteiger partial charge in [-0.05, 0) is 25.0 Å². The van der Waals surface area contributed by atoms with Gasteiger partial charge in [0.25, 0.3) is 0 Å². The monoisotopic (exact) mass is 279 g/mol. The van der Waals surface area contributed by atoms with Crippen LogP contribution in [0.1, 0.15) is 33.1 Å². The van der Waals surface area contributed by atoms with Crippen molar-refractivity contribution in [2.45, 2.75) is 49.4 Å². The van der Waals surface area contributed by atoms with E-state index in [2.05, 4.69) is 19.2 Å². The van der Waals surface area contributed by atoms with Gasteiger partial charge in [0, 0.05) is 16.8 Å². The summed E-state index contributed by atoms with van der Waals surface area (Å²) in [5, 5.41) is 3.50. The van der Waals surface area contributed by atoms with Crippen molar-refractivity contribution in [1.29, 1.82) is 0 Å². The summed E-state index contributed by atoms with van der Waals surface area (Å²) in [6, 6.07) is 7.96. The number of thioether (sulfide) groups is 1. The number of para-hydroxylation sites is 1. The third-order valence-electron chi connectivity index (χ3n) is 2.96. The van der Waals surface area contributed by atoms with E-state index in [0.717, 1.165) is 30.0 Å². The number of carbonyl (C=O) groups excluding carboxylic acids is 1. The summed E-state index contributed by atoms with van der Waals surface area (Å²) < 4.78 is 5.49. The average molecular weight is 279 g/mol. The van der Waals surface area contributed by atoms with Gasteiger partial charge in [0.05, 0.1) is 18.2 Å². The van der Waals surface area contributed by atoms with E-state index < -0.39 is 0 Å². The molecule has 1 N–H and O–H groups in total. The van der Waals surface area contributed by atoms with Crippen LogP contribution in [0.2, 0.25) is 0 Å². The van der Waals surface area contributed by atoms with Gasteiger partial charge in [0.2, 0.25) is 5.91 Å². The van der Waals surface area contributed by atoms with Gasteiger partial charge in [-0.25, -0.2) is 0 Å². The fourth-order valence-corrected chi connectivity index (χ4v) is 3.05. The van der Waals surface area contributed by atoms with E-state index in [1.807, 2.05) is 24.3 Å². The van der Waals surface area contributed by atoms with Crippen molar-refractivity contribution in [1.82, 2.24) is 0 Å². The lowest BCUT2D eigenvalue weighted by atomic mass is 10.2. The van der Waals surface area contributed by atoms with Crippen LogP contribution in [-0.4, -0.2) is 23.9 Å². The Bertz CT molecular complexity index is 428. The van der Waals surface area contributed by atoms with Gasteiger partial charge in [-0.3, -0.25) is 4.79 Å². The van der Waals surface area contributed by atoms with Crippen LogP contribution < -0.4 is 5.32 Å². The van der Waals surface area contributed by atoms with Crippen molar-refractivity contribution in [3.63, 3.8) is 0 Å². The number of hydrogen-bond acceptors (Lipinski definition) is 3. The molecule has 1 aliphatic heterocycles. The maximum absolute atomic E-state index is 12.0. The van der Waals surface area contributed by atoms with Crippen molar-refractivity contribution < 1.29 is 9.53 Å². The number of rotatable bonds is 5. The van der Waals surface area contributed by atoms with E-state index in [0.29, 0.717) is 11.7 Å². The normalized spacial score (nSPS) is 18.8. The van der Waals surface area contributed by atoms with E-state index in [1.165, 1.54) is 0 Å². The van der Waals surface area contributed by atoms with Crippen molar-refractivity contribution >= 4 is 23.4 Å². The molecule has 0 bridgehead atoms. The lowest BCUT2D eigenvalue weighted by Gasteiger charge is -2.14. The number of anilines is 1. The first-order valence-electron chi connectivity index (χ1n) is 6.82. The summed E-state index contributed by atoms with van der Waals surface area (Å²) in [6.07, 6.45) is 2.62. The quantitative estimate of drug-likeness (QED) is 0.835. The van der Waals surface area contributed by atoms with Crippen molar-refractivity contribution in [3.05, 3.63) is 24.3 Å². The summed E-state index contributed by atoms with van der Waals surface area (Å²) in [5.41, 5.74) is 0.907. The van der Waals surface area contributed by atoms with Gasteiger partial charge in [-0.15, -0.1) is 11.8 Å². The van der Waals surface area contributed by atoms with Gasteiger partial charge in [0.15, 0.2) is 0 Å². The Kier molecular flexibility index (Phi) is 5.28. The van der Waals surface area contributed by atoms with Crippen LogP contribution in [0, 0.1) is 0 Å². The van der Waals surface area contributed by atoms with Crippen LogP contribution in [0.3, 0.4) is 0 Å². The molecular formula is C15H21NO2S. The highest BCUT2D eigenvalue weighted by atomic mass is 32.2. The highest BCUT2D eigenvalue weighted by Crippen LogP contribution is 2.30. The molecule has 1 saturated heterocycles. The molecule has 0 unspecified atom stereocenters. The molecule has 1 aliphatic rings. The second-order valence-corrected chi connectivity index (χ2v) is 6.67. The molecule has 1 aromatic carbocycles. The molecule has 0 spiro atoms. The maximum atomic E-state index is 12.0. The van der Waals surface area contributed by atoms with Crippen molar-refractivity contribution in [3.8, 4) is 0 Å². The van der Waals surface area contributed by atoms with E-state index in [1.54, 1.807) is 11.8 Å². The molecular weight excluding hydrogens is 258 g/mol. The summed E-state index contributed by atoms with van der Waals surface area (Å²) in [7, 11) is 0. The SMILES string of the molecule is CC(C)Sc1ccccc1NC(=O)C[C@@H]1CCCO1. The standard InChI is InChI=1S/C15H21NO2S/c1-11(2)19-14-8-4-3-7-13(14)16-15(17)10-12-6-5-9-18-12/h3-4,7-8,11-12H,5-6,9-10H2,1-2H3,(H,16,17)/t12-/m0/s1. The Hall–Kier alpha value is -1.00. The molecule has 104 valence electrons. The summed E-state index contributed by atoms with van der Waals surface area (Å²) in [6.45, 7) is 5.09. The zero-order chi connectivity index (χ0) is 13.7. The molecule has 1 amide bonds. The summed E-state index contributed by atoms with van der Waals surface area (Å²) >= 11 is 1.76. The molecule has 1 heterocycles. The fraction of sp³-hybridized carbons (Fsp3) is 0.533. The highest BCUT2D eigenvalue weighted by molar-refractivity contribution is 8.00. The Balaban J connectivity index is 1.95. The van der Waals surface area contributed by atoms with Crippen LogP contribution >= 0.6 is 11.8 Å². The molecule has 0 aliphatic carbocycles. The molecule has 0 radical (unpaired) electrons. The highest BCUT2D eigenvalue weighted by Gasteiger charge is 2.19. The molecule has 0 aromatic heterocycles. The van der Waals surface area contributed by atoms with Crippen LogP contribution in [0.15, 0.2) is 29.2 Å². The third kappa shape index (κ3) is 4.55. The van der Waals surface area contributed by atoms with E-state index in [-0.39, 0.29) is 12.0 Å². The average Bonchev–Trinajstić information content (AvgIpc) is 2.83. The number of carbonyl (C=O) groups is 1. The second kappa shape index (κ2) is 6.96. The Morgan fingerprint density at radius 1 is 1.47 bits per heavy atom. The van der Waals surface area contributed by atoms with Crippen LogP contribution in [0.5, 0.6) is 0 Å². The fourth-order valence-electron chi connectivity index (χ4n) is 2.14. The number of ether oxygens (including phenoxy) is 1. The minimum absolute atomic E-state index is 0.0451. The van der Waals surface area contributed by atoms with Gasteiger partial charge < -0.3 is 10.1 Å². The lowest BCUT2D eigenvalue weighted by Crippen LogP contribution is -2.19. The van der Waals surface area contributed by atoms with E-state index in [9.17, 15) is 4.79 Å². The molecule has 19 heavy (non-hydrogen) atoms. The Morgan fingerprint density at radius 2 is 2.26 bits per heavy atom. The van der Waals surface area contributed by atoms with Gasteiger partial charge in [-0.2, -0.15) is 0 Å². The Labute approximate surface area is 119 Å². The minimum atomic E-state index is 0.0451. The van der Waals surface area contributed by atoms with E-state index in [4.69, 9.17) is 4.74 Å². The molecule has 1 atom stereocenters. The Morgan fingerprint density at radius 3 is 2.95 bits per heavy atom. The zero-order valence-electron chi connectivity index (χ0n) is 11.5. The van der Waals surface area contributed by atoms with Gasteiger partial charge in [0.1, 0.15) is 0 Å². The molecule has 4 heteroatoms. The zero-order valence-corrected chi connectivity index (χ0v) is 12.3. The third-order valence-corrected chi connectivity index (χ3v) is 4.04. The number of nitrogens with one attached hydrogen (secondary N) is 1. The minimum Gasteiger partial charge on any atom is -0.378 e. The molecule has 1 fully saturated rings. The molecule has 1 aromatic rings.